The van der Waals surface area contributed by atoms with Crippen molar-refractivity contribution in [2.75, 3.05) is 0 Å². The lowest BCUT2D eigenvalue weighted by molar-refractivity contribution is 0.0691. The van der Waals surface area contributed by atoms with Crippen molar-refractivity contribution in [2.45, 2.75) is 31.7 Å². The highest BCUT2D eigenvalue weighted by Crippen LogP contribution is 2.29. The van der Waals surface area contributed by atoms with Crippen LogP contribution in [0.25, 0.3) is 0 Å². The third-order valence-corrected chi connectivity index (χ3v) is 2.57. The molecule has 1 heterocycles. The van der Waals surface area contributed by atoms with Crippen LogP contribution >= 0.6 is 0 Å². The molecule has 1 saturated carbocycles. The van der Waals surface area contributed by atoms with Crippen molar-refractivity contribution in [2.24, 2.45) is 0 Å². The summed E-state index contributed by atoms with van der Waals surface area (Å²) in [4.78, 5) is 14.4. The number of carboxylic acid groups (broad SMARTS) is 1. The van der Waals surface area contributed by atoms with Gasteiger partial charge in [-0.3, -0.25) is 0 Å². The number of carbonyl (C=O) groups is 1. The van der Waals surface area contributed by atoms with Gasteiger partial charge in [-0.1, -0.05) is 12.8 Å². The normalized spacial score (nSPS) is 17.8. The molecule has 1 N–H and O–H groups in total. The summed E-state index contributed by atoms with van der Waals surface area (Å²) >= 11 is 0. The SMILES string of the molecule is O=C(O)c1cn(C2CCCC2)cn1. The van der Waals surface area contributed by atoms with Gasteiger partial charge in [-0.2, -0.15) is 0 Å². The highest BCUT2D eigenvalue weighted by atomic mass is 16.4. The zero-order valence-corrected chi connectivity index (χ0v) is 7.31. The van der Waals surface area contributed by atoms with Crippen LogP contribution in [0.3, 0.4) is 0 Å². The van der Waals surface area contributed by atoms with Gasteiger partial charge in [-0.05, 0) is 12.8 Å². The largest absolute Gasteiger partial charge is 0.476 e. The van der Waals surface area contributed by atoms with Crippen LogP contribution in [0, 0.1) is 0 Å². The van der Waals surface area contributed by atoms with Gasteiger partial charge in [0.1, 0.15) is 0 Å². The van der Waals surface area contributed by atoms with Gasteiger partial charge in [0, 0.05) is 12.2 Å². The van der Waals surface area contributed by atoms with E-state index in [9.17, 15) is 4.79 Å². The molecule has 4 nitrogen and oxygen atoms in total. The Hall–Kier alpha value is -1.32. The number of imidazole rings is 1. The topological polar surface area (TPSA) is 55.1 Å². The number of carboxylic acids is 1. The molecular formula is C9H12N2O2. The van der Waals surface area contributed by atoms with Crippen LogP contribution in [0.4, 0.5) is 0 Å². The van der Waals surface area contributed by atoms with E-state index in [4.69, 9.17) is 5.11 Å². The highest BCUT2D eigenvalue weighted by molar-refractivity contribution is 5.84. The van der Waals surface area contributed by atoms with E-state index in [2.05, 4.69) is 4.98 Å². The van der Waals surface area contributed by atoms with Gasteiger partial charge in [-0.15, -0.1) is 0 Å². The molecule has 70 valence electrons. The Labute approximate surface area is 76.2 Å². The van der Waals surface area contributed by atoms with Gasteiger partial charge in [0.25, 0.3) is 0 Å². The minimum atomic E-state index is -0.947. The maximum atomic E-state index is 10.6. The average Bonchev–Trinajstić information content (AvgIpc) is 2.75. The van der Waals surface area contributed by atoms with Crippen LogP contribution in [0.2, 0.25) is 0 Å². The number of rotatable bonds is 2. The molecule has 13 heavy (non-hydrogen) atoms. The number of hydrogen-bond donors (Lipinski definition) is 1. The van der Waals surface area contributed by atoms with Crippen molar-refractivity contribution in [3.05, 3.63) is 18.2 Å². The summed E-state index contributed by atoms with van der Waals surface area (Å²) < 4.78 is 1.93. The molecule has 2 rings (SSSR count). The van der Waals surface area contributed by atoms with E-state index in [1.54, 1.807) is 12.5 Å². The van der Waals surface area contributed by atoms with E-state index in [1.807, 2.05) is 4.57 Å². The van der Waals surface area contributed by atoms with Crippen molar-refractivity contribution in [3.63, 3.8) is 0 Å². The third kappa shape index (κ3) is 1.56. The summed E-state index contributed by atoms with van der Waals surface area (Å²) in [5, 5.41) is 8.67. The molecule has 0 unspecified atom stereocenters. The Morgan fingerprint density at radius 3 is 2.77 bits per heavy atom. The van der Waals surface area contributed by atoms with Crippen LogP contribution in [-0.4, -0.2) is 20.6 Å². The second-order valence-electron chi connectivity index (χ2n) is 3.45. The lowest BCUT2D eigenvalue weighted by Gasteiger charge is -2.08. The highest BCUT2D eigenvalue weighted by Gasteiger charge is 2.17. The number of nitrogens with zero attached hydrogens (tertiary/aromatic N) is 2. The Bertz CT molecular complexity index is 313. The molecule has 1 aliphatic carbocycles. The fourth-order valence-corrected chi connectivity index (χ4v) is 1.85. The van der Waals surface area contributed by atoms with E-state index in [0.29, 0.717) is 6.04 Å². The van der Waals surface area contributed by atoms with Crippen LogP contribution in [0.5, 0.6) is 0 Å². The summed E-state index contributed by atoms with van der Waals surface area (Å²) in [5.74, 6) is -0.947. The van der Waals surface area contributed by atoms with E-state index in [-0.39, 0.29) is 5.69 Å². The Balaban J connectivity index is 2.16. The van der Waals surface area contributed by atoms with Crippen molar-refractivity contribution in [1.82, 2.24) is 9.55 Å². The van der Waals surface area contributed by atoms with Crippen LogP contribution in [0.15, 0.2) is 12.5 Å². The fraction of sp³-hybridized carbons (Fsp3) is 0.556. The van der Waals surface area contributed by atoms with Crippen molar-refractivity contribution < 1.29 is 9.90 Å². The molecule has 4 heteroatoms. The Kier molecular flexibility index (Phi) is 2.04. The zero-order valence-electron chi connectivity index (χ0n) is 7.31. The van der Waals surface area contributed by atoms with Gasteiger partial charge in [0.2, 0.25) is 0 Å². The quantitative estimate of drug-likeness (QED) is 0.753. The molecule has 0 aliphatic heterocycles. The minimum absolute atomic E-state index is 0.145. The predicted octanol–water partition coefficient (Wildman–Crippen LogP) is 1.70. The molecule has 0 aromatic carbocycles. The first-order valence-electron chi connectivity index (χ1n) is 4.54. The zero-order chi connectivity index (χ0) is 9.26. The monoisotopic (exact) mass is 180 g/mol. The van der Waals surface area contributed by atoms with E-state index in [0.717, 1.165) is 12.8 Å². The maximum Gasteiger partial charge on any atom is 0.356 e. The molecule has 0 saturated heterocycles. The van der Waals surface area contributed by atoms with Gasteiger partial charge in [-0.25, -0.2) is 9.78 Å². The van der Waals surface area contributed by atoms with E-state index < -0.39 is 5.97 Å². The molecule has 1 aliphatic rings. The molecule has 0 radical (unpaired) electrons. The second-order valence-corrected chi connectivity index (χ2v) is 3.45. The summed E-state index contributed by atoms with van der Waals surface area (Å²) in [6, 6.07) is 0.473. The third-order valence-electron chi connectivity index (χ3n) is 2.57. The fourth-order valence-electron chi connectivity index (χ4n) is 1.85. The maximum absolute atomic E-state index is 10.6. The lowest BCUT2D eigenvalue weighted by Crippen LogP contribution is -2.01. The average molecular weight is 180 g/mol. The standard InChI is InChI=1S/C9H12N2O2/c12-9(13)8-5-11(6-10-8)7-3-1-2-4-7/h5-7H,1-4H2,(H,12,13). The molecule has 0 amide bonds. The van der Waals surface area contributed by atoms with Crippen molar-refractivity contribution >= 4 is 5.97 Å². The molecular weight excluding hydrogens is 168 g/mol. The Morgan fingerprint density at radius 2 is 2.23 bits per heavy atom. The van der Waals surface area contributed by atoms with Gasteiger partial charge < -0.3 is 9.67 Å². The number of aromatic carboxylic acids is 1. The van der Waals surface area contributed by atoms with Gasteiger partial charge in [0.15, 0.2) is 5.69 Å². The predicted molar refractivity (Wildman–Crippen MR) is 46.7 cm³/mol. The van der Waals surface area contributed by atoms with Crippen LogP contribution in [0.1, 0.15) is 42.2 Å². The summed E-state index contributed by atoms with van der Waals surface area (Å²) in [7, 11) is 0. The first-order chi connectivity index (χ1) is 6.27. The molecule has 0 spiro atoms. The van der Waals surface area contributed by atoms with E-state index >= 15 is 0 Å². The number of hydrogen-bond acceptors (Lipinski definition) is 2. The van der Waals surface area contributed by atoms with Crippen molar-refractivity contribution in [1.29, 1.82) is 0 Å². The first-order valence-corrected chi connectivity index (χ1v) is 4.54. The molecule has 1 fully saturated rings. The van der Waals surface area contributed by atoms with Gasteiger partial charge in [0.05, 0.1) is 6.33 Å². The molecule has 0 atom stereocenters. The number of aromatic nitrogens is 2. The molecule has 1 aromatic rings. The smallest absolute Gasteiger partial charge is 0.356 e. The summed E-state index contributed by atoms with van der Waals surface area (Å²) in [6.07, 6.45) is 8.03. The van der Waals surface area contributed by atoms with Gasteiger partial charge >= 0.3 is 5.97 Å². The summed E-state index contributed by atoms with van der Waals surface area (Å²) in [5.41, 5.74) is 0.145. The Morgan fingerprint density at radius 1 is 1.54 bits per heavy atom. The van der Waals surface area contributed by atoms with Crippen LogP contribution in [-0.2, 0) is 0 Å². The van der Waals surface area contributed by atoms with Crippen LogP contribution < -0.4 is 0 Å². The molecule has 1 aromatic heterocycles. The first kappa shape index (κ1) is 8.29. The minimum Gasteiger partial charge on any atom is -0.476 e. The second kappa shape index (κ2) is 3.20. The summed E-state index contributed by atoms with van der Waals surface area (Å²) in [6.45, 7) is 0. The van der Waals surface area contributed by atoms with E-state index in [1.165, 1.54) is 12.8 Å². The lowest BCUT2D eigenvalue weighted by atomic mass is 10.2. The molecule has 0 bridgehead atoms. The van der Waals surface area contributed by atoms with Crippen molar-refractivity contribution in [3.8, 4) is 0 Å².